The van der Waals surface area contributed by atoms with Gasteiger partial charge in [-0.2, -0.15) is 0 Å². The van der Waals surface area contributed by atoms with Crippen LogP contribution in [0.4, 0.5) is 4.39 Å². The van der Waals surface area contributed by atoms with Crippen LogP contribution in [-0.2, 0) is 9.59 Å². The molecule has 1 aromatic carbocycles. The summed E-state index contributed by atoms with van der Waals surface area (Å²) in [6, 6.07) is 6.07. The third-order valence-electron chi connectivity index (χ3n) is 2.67. The maximum absolute atomic E-state index is 13.5. The number of rotatable bonds is 6. The number of hydrogen-bond acceptors (Lipinski definition) is 3. The molecular weight excluding hydrogens is 325 g/mol. The fourth-order valence-corrected chi connectivity index (χ4v) is 1.59. The molecule has 0 aromatic heterocycles. The van der Waals surface area contributed by atoms with Crippen LogP contribution in [-0.4, -0.2) is 37.1 Å². The number of nitrogens with zero attached hydrogens (tertiary/aromatic N) is 1. The van der Waals surface area contributed by atoms with Crippen molar-refractivity contribution in [1.82, 2.24) is 4.90 Å². The molecule has 20 heavy (non-hydrogen) atoms. The fourth-order valence-electron chi connectivity index (χ4n) is 1.59. The van der Waals surface area contributed by atoms with Gasteiger partial charge in [0.05, 0.1) is 5.57 Å². The van der Waals surface area contributed by atoms with Crippen LogP contribution in [0, 0.1) is 5.82 Å². The van der Waals surface area contributed by atoms with Crippen molar-refractivity contribution >= 4 is 34.6 Å². The first kappa shape index (κ1) is 18.7. The molecule has 1 rings (SSSR count). The van der Waals surface area contributed by atoms with E-state index in [9.17, 15) is 14.0 Å². The Bertz CT molecular complexity index is 512. The van der Waals surface area contributed by atoms with E-state index in [0.29, 0.717) is 6.54 Å². The highest BCUT2D eigenvalue weighted by molar-refractivity contribution is 8.93. The predicted molar refractivity (Wildman–Crippen MR) is 83.6 cm³/mol. The summed E-state index contributed by atoms with van der Waals surface area (Å²) in [5.41, 5.74) is 0.304. The van der Waals surface area contributed by atoms with E-state index in [4.69, 9.17) is 0 Å². The van der Waals surface area contributed by atoms with Gasteiger partial charge in [0.15, 0.2) is 11.6 Å². The van der Waals surface area contributed by atoms with Crippen molar-refractivity contribution < 1.29 is 14.0 Å². The molecule has 0 spiro atoms. The molecule has 0 unspecified atom stereocenters. The van der Waals surface area contributed by atoms with Crippen molar-refractivity contribution in [2.24, 2.45) is 0 Å². The fraction of sp³-hybridized carbons (Fsp3) is 0.333. The number of Topliss-reactive ketones (excluding diaryl/α,β-unsaturated/α-hetero) is 2. The van der Waals surface area contributed by atoms with Crippen molar-refractivity contribution in [2.75, 3.05) is 20.6 Å². The monoisotopic (exact) mass is 343 g/mol. The summed E-state index contributed by atoms with van der Waals surface area (Å²) >= 11 is 0. The molecule has 0 amide bonds. The number of benzene rings is 1. The van der Waals surface area contributed by atoms with Gasteiger partial charge in [-0.25, -0.2) is 4.39 Å². The van der Waals surface area contributed by atoms with Crippen molar-refractivity contribution in [2.45, 2.75) is 13.3 Å². The zero-order chi connectivity index (χ0) is 14.4. The lowest BCUT2D eigenvalue weighted by Gasteiger charge is -2.09. The summed E-state index contributed by atoms with van der Waals surface area (Å²) < 4.78 is 13.5. The van der Waals surface area contributed by atoms with E-state index in [0.717, 1.165) is 0 Å². The Morgan fingerprint density at radius 1 is 1.25 bits per heavy atom. The first-order chi connectivity index (χ1) is 8.91. The van der Waals surface area contributed by atoms with E-state index >= 15 is 0 Å². The Kier molecular flexibility index (Phi) is 8.18. The van der Waals surface area contributed by atoms with Crippen molar-refractivity contribution in [3.8, 4) is 0 Å². The molecule has 1 aromatic rings. The maximum Gasteiger partial charge on any atom is 0.167 e. The molecule has 110 valence electrons. The molecule has 0 radical (unpaired) electrons. The van der Waals surface area contributed by atoms with Gasteiger partial charge in [-0.1, -0.05) is 18.2 Å². The van der Waals surface area contributed by atoms with Gasteiger partial charge in [0.25, 0.3) is 0 Å². The van der Waals surface area contributed by atoms with Crippen LogP contribution in [0.15, 0.2) is 29.8 Å². The zero-order valence-electron chi connectivity index (χ0n) is 11.9. The first-order valence-corrected chi connectivity index (χ1v) is 6.07. The van der Waals surface area contributed by atoms with Gasteiger partial charge in [-0.05, 0) is 33.2 Å². The first-order valence-electron chi connectivity index (χ1n) is 6.07. The Morgan fingerprint density at radius 3 is 2.35 bits per heavy atom. The average molecular weight is 344 g/mol. The minimum atomic E-state index is -0.443. The average Bonchev–Trinajstić information content (AvgIpc) is 2.34. The van der Waals surface area contributed by atoms with Crippen molar-refractivity contribution in [3.63, 3.8) is 0 Å². The van der Waals surface area contributed by atoms with Gasteiger partial charge in [-0.15, -0.1) is 17.0 Å². The standard InChI is InChI=1S/C15H18FNO2.BrH/c1-11(18)13(15(19)8-9-17(2)3)10-12-6-4-5-7-14(12)16;/h4-7,10H,8-9H2,1-3H3;1H/b13-10+;. The van der Waals surface area contributed by atoms with E-state index in [1.165, 1.54) is 25.1 Å². The molecule has 0 heterocycles. The molecule has 5 heteroatoms. The van der Waals surface area contributed by atoms with E-state index in [2.05, 4.69) is 0 Å². The van der Waals surface area contributed by atoms with Crippen molar-refractivity contribution in [3.05, 3.63) is 41.2 Å². The lowest BCUT2D eigenvalue weighted by atomic mass is 10.0. The number of carbonyl (C=O) groups is 2. The smallest absolute Gasteiger partial charge is 0.167 e. The normalized spacial score (nSPS) is 11.2. The van der Waals surface area contributed by atoms with E-state index in [1.54, 1.807) is 12.1 Å². The topological polar surface area (TPSA) is 37.4 Å². The van der Waals surface area contributed by atoms with Gasteiger partial charge < -0.3 is 4.90 Å². The van der Waals surface area contributed by atoms with E-state index in [-0.39, 0.29) is 46.1 Å². The summed E-state index contributed by atoms with van der Waals surface area (Å²) in [6.45, 7) is 1.88. The van der Waals surface area contributed by atoms with Gasteiger partial charge in [0.1, 0.15) is 5.82 Å². The molecule has 0 saturated carbocycles. The third kappa shape index (κ3) is 5.75. The lowest BCUT2D eigenvalue weighted by molar-refractivity contribution is -0.120. The van der Waals surface area contributed by atoms with Crippen LogP contribution in [0.25, 0.3) is 6.08 Å². The minimum absolute atomic E-state index is 0. The third-order valence-corrected chi connectivity index (χ3v) is 2.67. The SMILES string of the molecule is Br.CC(=O)/C(=C\c1ccccc1F)C(=O)CCN(C)C. The number of hydrogen-bond donors (Lipinski definition) is 0. The van der Waals surface area contributed by atoms with E-state index < -0.39 is 5.82 Å². The van der Waals surface area contributed by atoms with Gasteiger partial charge in [0, 0.05) is 18.5 Å². The zero-order valence-corrected chi connectivity index (χ0v) is 13.6. The second kappa shape index (κ2) is 8.76. The number of halogens is 2. The highest BCUT2D eigenvalue weighted by atomic mass is 79.9. The summed E-state index contributed by atoms with van der Waals surface area (Å²) in [5, 5.41) is 0. The Hall–Kier alpha value is -1.33. The molecule has 3 nitrogen and oxygen atoms in total. The van der Waals surface area contributed by atoms with Crippen molar-refractivity contribution in [1.29, 1.82) is 0 Å². The quantitative estimate of drug-likeness (QED) is 0.452. The second-order valence-corrected chi connectivity index (χ2v) is 4.61. The van der Waals surface area contributed by atoms with Crippen LogP contribution in [0.2, 0.25) is 0 Å². The van der Waals surface area contributed by atoms with Crippen LogP contribution in [0.1, 0.15) is 18.9 Å². The predicted octanol–water partition coefficient (Wildman–Crippen LogP) is 2.90. The van der Waals surface area contributed by atoms with Crippen LogP contribution >= 0.6 is 17.0 Å². The van der Waals surface area contributed by atoms with E-state index in [1.807, 2.05) is 19.0 Å². The Morgan fingerprint density at radius 2 is 1.85 bits per heavy atom. The molecule has 0 aliphatic rings. The summed E-state index contributed by atoms with van der Waals surface area (Å²) in [4.78, 5) is 25.3. The molecular formula is C15H19BrFNO2. The molecule has 0 fully saturated rings. The number of ketones is 2. The van der Waals surface area contributed by atoms with Gasteiger partial charge >= 0.3 is 0 Å². The largest absolute Gasteiger partial charge is 0.309 e. The molecule has 0 N–H and O–H groups in total. The second-order valence-electron chi connectivity index (χ2n) is 4.61. The molecule has 0 bridgehead atoms. The van der Waals surface area contributed by atoms with Crippen LogP contribution in [0.5, 0.6) is 0 Å². The van der Waals surface area contributed by atoms with Gasteiger partial charge in [-0.3, -0.25) is 9.59 Å². The van der Waals surface area contributed by atoms with Crippen LogP contribution in [0.3, 0.4) is 0 Å². The highest BCUT2D eigenvalue weighted by Crippen LogP contribution is 2.14. The molecule has 0 atom stereocenters. The lowest BCUT2D eigenvalue weighted by Crippen LogP contribution is -2.19. The maximum atomic E-state index is 13.5. The van der Waals surface area contributed by atoms with Crippen LogP contribution < -0.4 is 0 Å². The summed E-state index contributed by atoms with van der Waals surface area (Å²) in [5.74, 6) is -1.04. The molecule has 0 aliphatic heterocycles. The molecule has 0 saturated heterocycles. The summed E-state index contributed by atoms with van der Waals surface area (Å²) in [7, 11) is 3.70. The molecule has 0 aliphatic carbocycles. The number of allylic oxidation sites excluding steroid dienone is 1. The summed E-state index contributed by atoms with van der Waals surface area (Å²) in [6.07, 6.45) is 1.57. The minimum Gasteiger partial charge on any atom is -0.309 e. The number of carbonyl (C=O) groups excluding carboxylic acids is 2. The highest BCUT2D eigenvalue weighted by Gasteiger charge is 2.15. The van der Waals surface area contributed by atoms with Gasteiger partial charge in [0.2, 0.25) is 0 Å². The Balaban J connectivity index is 0.00000361. The Labute approximate surface area is 129 Å².